The van der Waals surface area contributed by atoms with E-state index in [0.717, 1.165) is 5.56 Å². The molecule has 1 aliphatic carbocycles. The average molecular weight is 302 g/mol. The van der Waals surface area contributed by atoms with Gasteiger partial charge in [0.1, 0.15) is 0 Å². The molecule has 0 aromatic heterocycles. The maximum absolute atomic E-state index is 11.1. The molecule has 4 nitrogen and oxygen atoms in total. The van der Waals surface area contributed by atoms with Gasteiger partial charge in [0.2, 0.25) is 0 Å². The van der Waals surface area contributed by atoms with Crippen molar-refractivity contribution in [3.8, 4) is 0 Å². The molecule has 0 unspecified atom stereocenters. The van der Waals surface area contributed by atoms with Gasteiger partial charge in [0, 0.05) is 25.1 Å². The fourth-order valence-corrected chi connectivity index (χ4v) is 3.79. The molecular formula is C13H13Cl2NO3. The number of amides is 1. The summed E-state index contributed by atoms with van der Waals surface area (Å²) < 4.78 is 0. The van der Waals surface area contributed by atoms with Crippen molar-refractivity contribution in [1.29, 1.82) is 0 Å². The average Bonchev–Trinajstić information content (AvgIpc) is 2.80. The molecule has 3 atom stereocenters. The second-order valence-electron chi connectivity index (χ2n) is 5.23. The van der Waals surface area contributed by atoms with Crippen LogP contribution in [-0.2, 0) is 5.41 Å². The molecule has 0 radical (unpaired) electrons. The van der Waals surface area contributed by atoms with E-state index in [0.29, 0.717) is 23.1 Å². The van der Waals surface area contributed by atoms with Gasteiger partial charge < -0.3 is 15.1 Å². The van der Waals surface area contributed by atoms with Crippen LogP contribution in [0.2, 0.25) is 10.0 Å². The highest BCUT2D eigenvalue weighted by Gasteiger charge is 2.70. The number of rotatable bonds is 2. The van der Waals surface area contributed by atoms with Crippen LogP contribution < -0.4 is 0 Å². The molecule has 2 fully saturated rings. The number of piperidine rings is 1. The Morgan fingerprint density at radius 2 is 2.16 bits per heavy atom. The van der Waals surface area contributed by atoms with Gasteiger partial charge in [-0.05, 0) is 29.5 Å². The number of fused-ring (bicyclic) bond motifs is 1. The smallest absolute Gasteiger partial charge is 0.407 e. The summed E-state index contributed by atoms with van der Waals surface area (Å²) in [6.07, 6.45) is -0.914. The first-order chi connectivity index (χ1) is 9.00. The fraction of sp³-hybridized carbons (Fsp3) is 0.462. The second-order valence-corrected chi connectivity index (χ2v) is 6.04. The summed E-state index contributed by atoms with van der Waals surface area (Å²) in [5.41, 5.74) is 0.677. The van der Waals surface area contributed by atoms with Crippen LogP contribution in [0.3, 0.4) is 0 Å². The monoisotopic (exact) mass is 301 g/mol. The first-order valence-corrected chi connectivity index (χ1v) is 6.80. The summed E-state index contributed by atoms with van der Waals surface area (Å²) in [6, 6.07) is 5.39. The highest BCUT2D eigenvalue weighted by Crippen LogP contribution is 2.64. The van der Waals surface area contributed by atoms with Gasteiger partial charge in [0.15, 0.2) is 0 Å². The number of carbonyl (C=O) groups is 1. The predicted octanol–water partition coefficient (Wildman–Crippen LogP) is 2.46. The van der Waals surface area contributed by atoms with E-state index in [4.69, 9.17) is 28.3 Å². The first-order valence-electron chi connectivity index (χ1n) is 6.05. The third kappa shape index (κ3) is 1.74. The summed E-state index contributed by atoms with van der Waals surface area (Å²) >= 11 is 11.9. The van der Waals surface area contributed by atoms with Crippen molar-refractivity contribution in [2.75, 3.05) is 19.7 Å². The van der Waals surface area contributed by atoms with E-state index in [1.54, 1.807) is 12.1 Å². The molecule has 1 aromatic carbocycles. The van der Waals surface area contributed by atoms with Crippen molar-refractivity contribution in [1.82, 2.24) is 4.90 Å². The number of hydrogen-bond donors (Lipinski definition) is 2. The highest BCUT2D eigenvalue weighted by atomic mass is 35.5. The molecule has 1 aromatic rings. The Bertz CT molecular complexity index is 551. The van der Waals surface area contributed by atoms with Gasteiger partial charge in [-0.1, -0.05) is 29.3 Å². The molecule has 6 heteroatoms. The van der Waals surface area contributed by atoms with E-state index >= 15 is 0 Å². The van der Waals surface area contributed by atoms with Crippen LogP contribution in [0.15, 0.2) is 18.2 Å². The number of nitrogens with zero attached hydrogens (tertiary/aromatic N) is 1. The topological polar surface area (TPSA) is 60.8 Å². The van der Waals surface area contributed by atoms with Crippen LogP contribution >= 0.6 is 23.2 Å². The summed E-state index contributed by atoms with van der Waals surface area (Å²) in [5, 5.41) is 19.5. The van der Waals surface area contributed by atoms with Crippen LogP contribution in [0.4, 0.5) is 4.79 Å². The third-order valence-corrected chi connectivity index (χ3v) is 5.23. The van der Waals surface area contributed by atoms with Crippen molar-refractivity contribution in [3.05, 3.63) is 33.8 Å². The highest BCUT2D eigenvalue weighted by molar-refractivity contribution is 6.42. The fourth-order valence-electron chi connectivity index (χ4n) is 3.49. The normalized spacial score (nSPS) is 32.3. The summed E-state index contributed by atoms with van der Waals surface area (Å²) in [6.45, 7) is 0.954. The van der Waals surface area contributed by atoms with E-state index in [2.05, 4.69) is 0 Å². The summed E-state index contributed by atoms with van der Waals surface area (Å²) in [7, 11) is 0. The molecular weight excluding hydrogens is 289 g/mol. The molecule has 19 heavy (non-hydrogen) atoms. The van der Waals surface area contributed by atoms with E-state index in [-0.39, 0.29) is 23.9 Å². The van der Waals surface area contributed by atoms with Gasteiger partial charge in [-0.3, -0.25) is 0 Å². The summed E-state index contributed by atoms with van der Waals surface area (Å²) in [4.78, 5) is 12.5. The van der Waals surface area contributed by atoms with Crippen molar-refractivity contribution in [3.63, 3.8) is 0 Å². The zero-order valence-corrected chi connectivity index (χ0v) is 11.5. The molecule has 1 heterocycles. The van der Waals surface area contributed by atoms with Gasteiger partial charge >= 0.3 is 6.09 Å². The minimum absolute atomic E-state index is 0.0678. The molecule has 1 saturated heterocycles. The van der Waals surface area contributed by atoms with Crippen LogP contribution in [0.5, 0.6) is 0 Å². The van der Waals surface area contributed by atoms with Gasteiger partial charge in [-0.25, -0.2) is 4.79 Å². The minimum atomic E-state index is -0.914. The molecule has 2 aliphatic rings. The Morgan fingerprint density at radius 3 is 2.74 bits per heavy atom. The zero-order chi connectivity index (χ0) is 13.8. The molecule has 1 amide bonds. The molecule has 3 rings (SSSR count). The first kappa shape index (κ1) is 13.0. The molecule has 0 bridgehead atoms. The number of benzene rings is 1. The van der Waals surface area contributed by atoms with E-state index in [1.165, 1.54) is 4.90 Å². The quantitative estimate of drug-likeness (QED) is 0.882. The number of carboxylic acid groups (broad SMARTS) is 1. The number of likely N-dealkylation sites (tertiary alicyclic amines) is 1. The van der Waals surface area contributed by atoms with Crippen molar-refractivity contribution in [2.45, 2.75) is 5.41 Å². The molecule has 0 spiro atoms. The Morgan fingerprint density at radius 1 is 1.42 bits per heavy atom. The van der Waals surface area contributed by atoms with E-state index in [1.807, 2.05) is 6.07 Å². The largest absolute Gasteiger partial charge is 0.465 e. The second kappa shape index (κ2) is 4.27. The Labute approximate surface area is 120 Å². The molecule has 1 saturated carbocycles. The number of hydrogen-bond acceptors (Lipinski definition) is 2. The number of aliphatic hydroxyl groups excluding tert-OH is 1. The van der Waals surface area contributed by atoms with Crippen LogP contribution in [0, 0.1) is 11.8 Å². The van der Waals surface area contributed by atoms with E-state index in [9.17, 15) is 9.90 Å². The SMILES string of the molecule is O=C(O)N1C[C@H]2[C@H](CO)[C@]2(c2ccc(Cl)c(Cl)c2)C1. The third-order valence-electron chi connectivity index (χ3n) is 4.49. The lowest BCUT2D eigenvalue weighted by atomic mass is 9.93. The Kier molecular flexibility index (Phi) is 2.93. The van der Waals surface area contributed by atoms with Gasteiger partial charge in [0.25, 0.3) is 0 Å². The Balaban J connectivity index is 1.97. The van der Waals surface area contributed by atoms with Crippen molar-refractivity contribution in [2.24, 2.45) is 11.8 Å². The van der Waals surface area contributed by atoms with Gasteiger partial charge in [-0.2, -0.15) is 0 Å². The molecule has 102 valence electrons. The maximum Gasteiger partial charge on any atom is 0.407 e. The lowest BCUT2D eigenvalue weighted by Gasteiger charge is -2.21. The van der Waals surface area contributed by atoms with Crippen molar-refractivity contribution < 1.29 is 15.0 Å². The van der Waals surface area contributed by atoms with Gasteiger partial charge in [-0.15, -0.1) is 0 Å². The standard InChI is InChI=1S/C13H13Cl2NO3/c14-10-2-1-7(3-11(10)15)13-6-16(12(18)19)4-8(13)9(13)5-17/h1-3,8-9,17H,4-6H2,(H,18,19)/t8-,9-,13-/m0/s1. The number of halogens is 2. The Hall–Kier alpha value is -0.970. The van der Waals surface area contributed by atoms with Crippen LogP contribution in [0.25, 0.3) is 0 Å². The lowest BCUT2D eigenvalue weighted by Crippen LogP contribution is -2.34. The summed E-state index contributed by atoms with van der Waals surface area (Å²) in [5.74, 6) is 0.284. The van der Waals surface area contributed by atoms with Crippen molar-refractivity contribution >= 4 is 29.3 Å². The van der Waals surface area contributed by atoms with Gasteiger partial charge in [0.05, 0.1) is 10.0 Å². The zero-order valence-electron chi connectivity index (χ0n) is 10.0. The molecule has 1 aliphatic heterocycles. The van der Waals surface area contributed by atoms with Crippen LogP contribution in [-0.4, -0.2) is 40.9 Å². The van der Waals surface area contributed by atoms with Crippen LogP contribution in [0.1, 0.15) is 5.56 Å². The molecule has 2 N–H and O–H groups in total. The lowest BCUT2D eigenvalue weighted by molar-refractivity contribution is 0.142. The van der Waals surface area contributed by atoms with E-state index < -0.39 is 6.09 Å². The minimum Gasteiger partial charge on any atom is -0.465 e. The number of aliphatic hydroxyl groups is 1. The maximum atomic E-state index is 11.1. The predicted molar refractivity (Wildman–Crippen MR) is 71.8 cm³/mol.